The van der Waals surface area contributed by atoms with Crippen LogP contribution in [0.2, 0.25) is 0 Å². The first kappa shape index (κ1) is 24.5. The Labute approximate surface area is 209 Å². The number of anilines is 2. The van der Waals surface area contributed by atoms with Gasteiger partial charge in [-0.2, -0.15) is 0 Å². The summed E-state index contributed by atoms with van der Waals surface area (Å²) in [6.45, 7) is 4.73. The van der Waals surface area contributed by atoms with E-state index in [1.807, 2.05) is 68.4 Å². The van der Waals surface area contributed by atoms with Crippen LogP contribution in [-0.4, -0.2) is 39.3 Å². The Morgan fingerprint density at radius 1 is 0.972 bits per heavy atom. The van der Waals surface area contributed by atoms with Crippen molar-refractivity contribution in [2.75, 3.05) is 18.5 Å². The van der Waals surface area contributed by atoms with Gasteiger partial charge in [0.25, 0.3) is 0 Å². The van der Waals surface area contributed by atoms with Crippen LogP contribution in [0.5, 0.6) is 17.2 Å². The maximum Gasteiger partial charge on any atom is 0.404 e. The Bertz CT molecular complexity index is 1310. The number of aromatic nitrogens is 3. The van der Waals surface area contributed by atoms with Crippen LogP contribution >= 0.6 is 0 Å². The summed E-state index contributed by atoms with van der Waals surface area (Å²) in [5.74, 6) is 2.56. The van der Waals surface area contributed by atoms with Crippen LogP contribution in [-0.2, 0) is 0 Å². The molecule has 1 aromatic carbocycles. The van der Waals surface area contributed by atoms with Gasteiger partial charge in [-0.15, -0.1) is 0 Å². The number of aryl methyl sites for hydroxylation is 2. The third-order valence-electron chi connectivity index (χ3n) is 5.29. The third kappa shape index (κ3) is 6.69. The van der Waals surface area contributed by atoms with Gasteiger partial charge in [0.2, 0.25) is 0 Å². The zero-order valence-corrected chi connectivity index (χ0v) is 20.1. The van der Waals surface area contributed by atoms with Crippen molar-refractivity contribution < 1.29 is 19.4 Å². The summed E-state index contributed by atoms with van der Waals surface area (Å²) in [5.41, 5.74) is 4.20. The van der Waals surface area contributed by atoms with Crippen LogP contribution in [0, 0.1) is 13.8 Å². The van der Waals surface area contributed by atoms with Gasteiger partial charge in [0.1, 0.15) is 23.0 Å². The molecule has 9 nitrogen and oxygen atoms in total. The van der Waals surface area contributed by atoms with Gasteiger partial charge in [0.05, 0.1) is 12.3 Å². The molecule has 4 aromatic rings. The third-order valence-corrected chi connectivity index (χ3v) is 5.29. The van der Waals surface area contributed by atoms with E-state index in [1.165, 1.54) is 0 Å². The molecule has 184 valence electrons. The second kappa shape index (κ2) is 11.7. The minimum Gasteiger partial charge on any atom is -0.494 e. The van der Waals surface area contributed by atoms with E-state index in [1.54, 1.807) is 18.5 Å². The summed E-state index contributed by atoms with van der Waals surface area (Å²) >= 11 is 0. The Hall–Kier alpha value is -4.66. The van der Waals surface area contributed by atoms with Crippen LogP contribution in [0.4, 0.5) is 16.3 Å². The monoisotopic (exact) mass is 485 g/mol. The number of carboxylic acid groups (broad SMARTS) is 1. The first-order valence-corrected chi connectivity index (χ1v) is 11.5. The quantitative estimate of drug-likeness (QED) is 0.244. The van der Waals surface area contributed by atoms with E-state index in [0.717, 1.165) is 22.6 Å². The average molecular weight is 486 g/mol. The molecule has 0 radical (unpaired) electrons. The lowest BCUT2D eigenvalue weighted by Gasteiger charge is -2.14. The van der Waals surface area contributed by atoms with E-state index in [2.05, 4.69) is 20.6 Å². The fourth-order valence-corrected chi connectivity index (χ4v) is 3.35. The lowest BCUT2D eigenvalue weighted by atomic mass is 10.1. The highest BCUT2D eigenvalue weighted by Crippen LogP contribution is 2.33. The smallest absolute Gasteiger partial charge is 0.404 e. The number of benzene rings is 1. The molecule has 1 amide bonds. The van der Waals surface area contributed by atoms with Gasteiger partial charge in [-0.25, -0.2) is 14.8 Å². The summed E-state index contributed by atoms with van der Waals surface area (Å²) in [4.78, 5) is 24.0. The topological polar surface area (TPSA) is 118 Å². The van der Waals surface area contributed by atoms with Crippen LogP contribution < -0.4 is 20.1 Å². The second-order valence-corrected chi connectivity index (χ2v) is 8.01. The highest BCUT2D eigenvalue weighted by Gasteiger charge is 2.13. The summed E-state index contributed by atoms with van der Waals surface area (Å²) in [7, 11) is 0. The fourth-order valence-electron chi connectivity index (χ4n) is 3.35. The summed E-state index contributed by atoms with van der Waals surface area (Å²) in [6.07, 6.45) is 2.96. The maximum absolute atomic E-state index is 10.5. The standard InChI is InChI=1S/C27H27N5O4/c1-18-16-24(26(31-19(18)2)23-6-3-4-12-28-23)36-22-11-14-29-25(17-22)32-20-7-9-21(10-8-20)35-15-5-13-30-27(33)34/h3-4,6-12,14,16-17,30H,5,13,15H2,1-2H3,(H,29,32)(H,33,34). The molecule has 36 heavy (non-hydrogen) atoms. The van der Waals surface area contributed by atoms with E-state index < -0.39 is 6.09 Å². The lowest BCUT2D eigenvalue weighted by molar-refractivity contribution is 0.193. The molecule has 0 saturated heterocycles. The molecule has 4 rings (SSSR count). The SMILES string of the molecule is Cc1cc(Oc2ccnc(Nc3ccc(OCCCNC(=O)O)cc3)c2)c(-c2ccccn2)nc1C. The fraction of sp³-hybridized carbons (Fsp3) is 0.185. The highest BCUT2D eigenvalue weighted by atomic mass is 16.5. The van der Waals surface area contributed by atoms with Gasteiger partial charge >= 0.3 is 6.09 Å². The van der Waals surface area contributed by atoms with Gasteiger partial charge in [-0.3, -0.25) is 4.98 Å². The molecule has 3 heterocycles. The van der Waals surface area contributed by atoms with E-state index in [0.29, 0.717) is 48.3 Å². The van der Waals surface area contributed by atoms with Crippen LogP contribution in [0.25, 0.3) is 11.4 Å². The average Bonchev–Trinajstić information content (AvgIpc) is 2.87. The first-order chi connectivity index (χ1) is 17.5. The van der Waals surface area contributed by atoms with Crippen molar-refractivity contribution in [2.45, 2.75) is 20.3 Å². The molecule has 9 heteroatoms. The van der Waals surface area contributed by atoms with E-state index in [-0.39, 0.29) is 0 Å². The number of nitrogens with one attached hydrogen (secondary N) is 2. The van der Waals surface area contributed by atoms with Gasteiger partial charge in [-0.05, 0) is 74.4 Å². The molecule has 0 aliphatic heterocycles. The number of rotatable bonds is 10. The normalized spacial score (nSPS) is 10.5. The zero-order chi connectivity index (χ0) is 25.3. The minimum absolute atomic E-state index is 0.348. The highest BCUT2D eigenvalue weighted by molar-refractivity contribution is 5.65. The Morgan fingerprint density at radius 3 is 2.56 bits per heavy atom. The number of ether oxygens (including phenoxy) is 2. The predicted molar refractivity (Wildman–Crippen MR) is 137 cm³/mol. The van der Waals surface area contributed by atoms with Gasteiger partial charge in [-0.1, -0.05) is 6.07 Å². The first-order valence-electron chi connectivity index (χ1n) is 11.5. The van der Waals surface area contributed by atoms with Crippen molar-refractivity contribution in [3.8, 4) is 28.6 Å². The van der Waals surface area contributed by atoms with Crippen LogP contribution in [0.15, 0.2) is 73.1 Å². The van der Waals surface area contributed by atoms with Gasteiger partial charge in [0, 0.05) is 36.4 Å². The Kier molecular flexibility index (Phi) is 7.92. The van der Waals surface area contributed by atoms with Crippen molar-refractivity contribution in [1.82, 2.24) is 20.3 Å². The predicted octanol–water partition coefficient (Wildman–Crippen LogP) is 5.73. The number of pyridine rings is 3. The van der Waals surface area contributed by atoms with Crippen LogP contribution in [0.3, 0.4) is 0 Å². The van der Waals surface area contributed by atoms with Crippen molar-refractivity contribution in [2.24, 2.45) is 0 Å². The Balaban J connectivity index is 1.42. The number of hydrogen-bond donors (Lipinski definition) is 3. The number of carbonyl (C=O) groups is 1. The van der Waals surface area contributed by atoms with E-state index in [4.69, 9.17) is 19.6 Å². The summed E-state index contributed by atoms with van der Waals surface area (Å²) < 4.78 is 11.9. The molecular formula is C27H27N5O4. The van der Waals surface area contributed by atoms with Crippen LogP contribution in [0.1, 0.15) is 17.7 Å². The molecule has 0 bridgehead atoms. The molecule has 0 saturated carbocycles. The molecular weight excluding hydrogens is 458 g/mol. The van der Waals surface area contributed by atoms with Crippen molar-refractivity contribution >= 4 is 17.6 Å². The molecule has 0 aliphatic carbocycles. The van der Waals surface area contributed by atoms with Gasteiger partial charge in [0.15, 0.2) is 5.75 Å². The molecule has 3 aromatic heterocycles. The van der Waals surface area contributed by atoms with Crippen molar-refractivity contribution in [1.29, 1.82) is 0 Å². The van der Waals surface area contributed by atoms with Gasteiger partial charge < -0.3 is 25.2 Å². The molecule has 0 atom stereocenters. The molecule has 0 aliphatic rings. The molecule has 0 unspecified atom stereocenters. The number of amides is 1. The summed E-state index contributed by atoms with van der Waals surface area (Å²) in [6, 6.07) is 18.7. The van der Waals surface area contributed by atoms with Crippen molar-refractivity contribution in [3.63, 3.8) is 0 Å². The minimum atomic E-state index is -1.03. The zero-order valence-electron chi connectivity index (χ0n) is 20.1. The second-order valence-electron chi connectivity index (χ2n) is 8.01. The van der Waals surface area contributed by atoms with E-state index in [9.17, 15) is 4.79 Å². The Morgan fingerprint density at radius 2 is 1.81 bits per heavy atom. The largest absolute Gasteiger partial charge is 0.494 e. The molecule has 0 fully saturated rings. The lowest BCUT2D eigenvalue weighted by Crippen LogP contribution is -2.23. The number of nitrogens with zero attached hydrogens (tertiary/aromatic N) is 3. The number of hydrogen-bond acceptors (Lipinski definition) is 7. The maximum atomic E-state index is 10.5. The summed E-state index contributed by atoms with van der Waals surface area (Å²) in [5, 5.41) is 14.1. The molecule has 0 spiro atoms. The molecule has 3 N–H and O–H groups in total. The van der Waals surface area contributed by atoms with E-state index >= 15 is 0 Å². The van der Waals surface area contributed by atoms with Crippen molar-refractivity contribution in [3.05, 3.63) is 84.3 Å².